The van der Waals surface area contributed by atoms with Crippen molar-refractivity contribution in [3.05, 3.63) is 65.7 Å². The predicted octanol–water partition coefficient (Wildman–Crippen LogP) is 5.27. The number of hydrogen-bond donors (Lipinski definition) is 1. The van der Waals surface area contributed by atoms with Crippen LogP contribution in [-0.2, 0) is 21.4 Å². The summed E-state index contributed by atoms with van der Waals surface area (Å²) in [6, 6.07) is 17.7. The molecule has 2 aromatic carbocycles. The zero-order valence-corrected chi connectivity index (χ0v) is 21.2. The van der Waals surface area contributed by atoms with Crippen LogP contribution in [0.2, 0.25) is 0 Å². The van der Waals surface area contributed by atoms with Gasteiger partial charge in [-0.15, -0.1) is 0 Å². The van der Waals surface area contributed by atoms with E-state index in [9.17, 15) is 9.59 Å². The van der Waals surface area contributed by atoms with Crippen LogP contribution in [0.3, 0.4) is 0 Å². The van der Waals surface area contributed by atoms with E-state index in [-0.39, 0.29) is 29.9 Å². The highest BCUT2D eigenvalue weighted by Gasteiger charge is 2.31. The van der Waals surface area contributed by atoms with Gasteiger partial charge in [-0.05, 0) is 48.3 Å². The molecule has 184 valence electrons. The number of hydrogen-bond acceptors (Lipinski definition) is 3. The highest BCUT2D eigenvalue weighted by molar-refractivity contribution is 5.88. The fraction of sp³-hybridized carbons (Fsp3) is 0.517. The summed E-state index contributed by atoms with van der Waals surface area (Å²) in [6.07, 6.45) is 5.61. The Balaban J connectivity index is 1.75. The summed E-state index contributed by atoms with van der Waals surface area (Å²) in [5.74, 6) is 0.508. The van der Waals surface area contributed by atoms with Crippen molar-refractivity contribution in [3.8, 4) is 5.75 Å². The Kier molecular flexibility index (Phi) is 9.14. The third-order valence-electron chi connectivity index (χ3n) is 6.62. The number of amides is 2. The molecule has 5 nitrogen and oxygen atoms in total. The van der Waals surface area contributed by atoms with Crippen LogP contribution in [0.1, 0.15) is 70.9 Å². The minimum absolute atomic E-state index is 0.0501. The second-order valence-electron chi connectivity index (χ2n) is 10.3. The molecule has 0 saturated heterocycles. The van der Waals surface area contributed by atoms with Gasteiger partial charge in [-0.1, -0.05) is 89.1 Å². The van der Waals surface area contributed by atoms with E-state index in [0.717, 1.165) is 42.6 Å². The summed E-state index contributed by atoms with van der Waals surface area (Å²) < 4.78 is 6.04. The van der Waals surface area contributed by atoms with Crippen molar-refractivity contribution < 1.29 is 14.3 Å². The largest absolute Gasteiger partial charge is 0.483 e. The van der Waals surface area contributed by atoms with Crippen LogP contribution in [0.4, 0.5) is 0 Å². The van der Waals surface area contributed by atoms with Crippen LogP contribution in [0.25, 0.3) is 0 Å². The lowest BCUT2D eigenvalue weighted by Crippen LogP contribution is -2.53. The molecule has 34 heavy (non-hydrogen) atoms. The van der Waals surface area contributed by atoms with Crippen molar-refractivity contribution in [2.75, 3.05) is 13.2 Å². The Hall–Kier alpha value is -2.82. The van der Waals surface area contributed by atoms with Crippen molar-refractivity contribution in [2.45, 2.75) is 83.7 Å². The van der Waals surface area contributed by atoms with E-state index < -0.39 is 6.04 Å². The van der Waals surface area contributed by atoms with E-state index in [2.05, 4.69) is 38.2 Å². The summed E-state index contributed by atoms with van der Waals surface area (Å²) in [5.41, 5.74) is 2.11. The molecule has 0 radical (unpaired) electrons. The maximum atomic E-state index is 13.5. The van der Waals surface area contributed by atoms with Crippen molar-refractivity contribution in [1.29, 1.82) is 0 Å². The zero-order chi connectivity index (χ0) is 24.6. The average Bonchev–Trinajstić information content (AvgIpc) is 3.33. The lowest BCUT2D eigenvalue weighted by molar-refractivity contribution is -0.142. The van der Waals surface area contributed by atoms with E-state index >= 15 is 0 Å². The van der Waals surface area contributed by atoms with Gasteiger partial charge in [0.05, 0.1) is 0 Å². The quantitative estimate of drug-likeness (QED) is 0.521. The number of ether oxygens (including phenoxy) is 1. The molecule has 3 rings (SSSR count). The molecule has 1 fully saturated rings. The third-order valence-corrected chi connectivity index (χ3v) is 6.62. The van der Waals surface area contributed by atoms with Gasteiger partial charge in [-0.2, -0.15) is 0 Å². The van der Waals surface area contributed by atoms with Gasteiger partial charge in [0.15, 0.2) is 6.61 Å². The highest BCUT2D eigenvalue weighted by Crippen LogP contribution is 2.31. The maximum absolute atomic E-state index is 13.5. The number of benzene rings is 2. The summed E-state index contributed by atoms with van der Waals surface area (Å²) in [4.78, 5) is 28.4. The average molecular weight is 465 g/mol. The molecular weight excluding hydrogens is 424 g/mol. The van der Waals surface area contributed by atoms with Crippen molar-refractivity contribution >= 4 is 11.8 Å². The molecule has 0 heterocycles. The Morgan fingerprint density at radius 3 is 2.32 bits per heavy atom. The Morgan fingerprint density at radius 2 is 1.68 bits per heavy atom. The van der Waals surface area contributed by atoms with E-state index in [0.29, 0.717) is 19.4 Å². The molecule has 1 aliphatic rings. The van der Waals surface area contributed by atoms with E-state index in [1.807, 2.05) is 49.4 Å². The van der Waals surface area contributed by atoms with Crippen LogP contribution >= 0.6 is 0 Å². The molecule has 1 unspecified atom stereocenters. The number of rotatable bonds is 10. The third kappa shape index (κ3) is 7.09. The topological polar surface area (TPSA) is 58.6 Å². The zero-order valence-electron chi connectivity index (χ0n) is 21.2. The molecule has 1 atom stereocenters. The molecule has 2 aromatic rings. The fourth-order valence-electron chi connectivity index (χ4n) is 4.70. The number of para-hydroxylation sites is 1. The molecule has 5 heteroatoms. The van der Waals surface area contributed by atoms with Crippen LogP contribution in [0.5, 0.6) is 5.75 Å². The first-order valence-electron chi connectivity index (χ1n) is 12.7. The number of carbonyl (C=O) groups is 2. The molecule has 0 bridgehead atoms. The second kappa shape index (κ2) is 12.0. The van der Waals surface area contributed by atoms with Crippen LogP contribution in [0.15, 0.2) is 54.6 Å². The van der Waals surface area contributed by atoms with Gasteiger partial charge in [-0.3, -0.25) is 9.59 Å². The number of carbonyl (C=O) groups excluding carboxylic acids is 2. The molecule has 1 aliphatic carbocycles. The van der Waals surface area contributed by atoms with Crippen molar-refractivity contribution in [1.82, 2.24) is 10.2 Å². The van der Waals surface area contributed by atoms with Crippen molar-refractivity contribution in [3.63, 3.8) is 0 Å². The first-order chi connectivity index (χ1) is 16.3. The predicted molar refractivity (Wildman–Crippen MR) is 137 cm³/mol. The lowest BCUT2D eigenvalue weighted by atomic mass is 9.86. The minimum Gasteiger partial charge on any atom is -0.483 e. The van der Waals surface area contributed by atoms with Gasteiger partial charge in [0, 0.05) is 12.6 Å². The fourth-order valence-corrected chi connectivity index (χ4v) is 4.70. The first kappa shape index (κ1) is 25.8. The lowest BCUT2D eigenvalue weighted by Gasteiger charge is -2.31. The Labute approximate surface area is 204 Å². The minimum atomic E-state index is -0.502. The van der Waals surface area contributed by atoms with E-state index in [4.69, 9.17) is 4.74 Å². The molecule has 2 amide bonds. The molecule has 0 aliphatic heterocycles. The van der Waals surface area contributed by atoms with Gasteiger partial charge in [-0.25, -0.2) is 0 Å². The SMILES string of the molecule is CCC(C(=O)NC1CCCC1)N(CCc1ccccc1)C(=O)COc1ccccc1C(C)(C)C. The van der Waals surface area contributed by atoms with E-state index in [1.165, 1.54) is 0 Å². The monoisotopic (exact) mass is 464 g/mol. The smallest absolute Gasteiger partial charge is 0.261 e. The first-order valence-corrected chi connectivity index (χ1v) is 12.7. The van der Waals surface area contributed by atoms with Gasteiger partial charge < -0.3 is 15.0 Å². The van der Waals surface area contributed by atoms with Crippen LogP contribution < -0.4 is 10.1 Å². The van der Waals surface area contributed by atoms with Gasteiger partial charge in [0.25, 0.3) is 5.91 Å². The van der Waals surface area contributed by atoms with Gasteiger partial charge in [0.1, 0.15) is 11.8 Å². The molecule has 0 aromatic heterocycles. The van der Waals surface area contributed by atoms with Crippen molar-refractivity contribution in [2.24, 2.45) is 0 Å². The van der Waals surface area contributed by atoms with Crippen LogP contribution in [-0.4, -0.2) is 41.9 Å². The standard InChI is InChI=1S/C29H40N2O3/c1-5-25(28(33)30-23-15-9-10-16-23)31(20-19-22-13-7-6-8-14-22)27(32)21-34-26-18-12-11-17-24(26)29(2,3)4/h6-8,11-14,17-18,23,25H,5,9-10,15-16,19-21H2,1-4H3,(H,30,33). The normalized spacial score (nSPS) is 15.1. The van der Waals surface area contributed by atoms with Crippen LogP contribution in [0, 0.1) is 0 Å². The van der Waals surface area contributed by atoms with Gasteiger partial charge in [0.2, 0.25) is 5.91 Å². The van der Waals surface area contributed by atoms with E-state index in [1.54, 1.807) is 4.90 Å². The van der Waals surface area contributed by atoms with Gasteiger partial charge >= 0.3 is 0 Å². The maximum Gasteiger partial charge on any atom is 0.261 e. The summed E-state index contributed by atoms with van der Waals surface area (Å²) in [7, 11) is 0. The Morgan fingerprint density at radius 1 is 1.03 bits per heavy atom. The molecule has 0 spiro atoms. The number of nitrogens with one attached hydrogen (secondary N) is 1. The Bertz CT molecular complexity index is 930. The summed E-state index contributed by atoms with van der Waals surface area (Å²) in [5, 5.41) is 3.19. The summed E-state index contributed by atoms with van der Waals surface area (Å²) in [6.45, 7) is 8.74. The summed E-state index contributed by atoms with van der Waals surface area (Å²) >= 11 is 0. The molecular formula is C29H40N2O3. The second-order valence-corrected chi connectivity index (χ2v) is 10.3. The highest BCUT2D eigenvalue weighted by atomic mass is 16.5. The number of nitrogens with zero attached hydrogens (tertiary/aromatic N) is 1. The molecule has 1 N–H and O–H groups in total. The molecule has 1 saturated carbocycles.